The van der Waals surface area contributed by atoms with Crippen LogP contribution in [0.3, 0.4) is 0 Å². The van der Waals surface area contributed by atoms with Crippen LogP contribution in [0.2, 0.25) is 0 Å². The van der Waals surface area contributed by atoms with Gasteiger partial charge >= 0.3 is 0 Å². The molecule has 0 aromatic rings. The highest BCUT2D eigenvalue weighted by atomic mass is 35.5. The molecule has 0 aliphatic heterocycles. The Morgan fingerprint density at radius 1 is 1.42 bits per heavy atom. The summed E-state index contributed by atoms with van der Waals surface area (Å²) >= 11 is 5.91. The van der Waals surface area contributed by atoms with Crippen molar-refractivity contribution in [3.8, 4) is 0 Å². The van der Waals surface area contributed by atoms with Gasteiger partial charge in [0.2, 0.25) is 5.91 Å². The molecule has 0 aliphatic rings. The molecule has 0 fully saturated rings. The van der Waals surface area contributed by atoms with Crippen LogP contribution in [0.5, 0.6) is 0 Å². The topological polar surface area (TPSA) is 29.1 Å². The minimum Gasteiger partial charge on any atom is -0.355 e. The second kappa shape index (κ2) is 7.41. The Kier molecular flexibility index (Phi) is 7.26. The molecular weight excluding hydrogens is 174 g/mol. The Balaban J connectivity index is 3.33. The maximum atomic E-state index is 11.0. The summed E-state index contributed by atoms with van der Waals surface area (Å²) in [5, 5.41) is 2.89. The van der Waals surface area contributed by atoms with E-state index in [4.69, 9.17) is 11.6 Å². The average Bonchev–Trinajstić information content (AvgIpc) is 2.02. The quantitative estimate of drug-likeness (QED) is 0.642. The highest BCUT2D eigenvalue weighted by Gasteiger charge is 2.04. The van der Waals surface area contributed by atoms with Gasteiger partial charge in [0.15, 0.2) is 0 Å². The van der Waals surface area contributed by atoms with Gasteiger partial charge in [-0.1, -0.05) is 20.3 Å². The van der Waals surface area contributed by atoms with Gasteiger partial charge in [-0.25, -0.2) is 0 Å². The first-order valence-corrected chi connectivity index (χ1v) is 5.05. The molecular formula is C9H18ClNO. The Labute approximate surface area is 79.7 Å². The second-order valence-corrected chi connectivity index (χ2v) is 3.56. The van der Waals surface area contributed by atoms with E-state index in [1.807, 2.05) is 6.92 Å². The third kappa shape index (κ3) is 6.47. The number of amides is 1. The van der Waals surface area contributed by atoms with Crippen molar-refractivity contribution in [3.05, 3.63) is 0 Å². The molecule has 0 saturated carbocycles. The normalized spacial score (nSPS) is 12.6. The van der Waals surface area contributed by atoms with E-state index in [0.717, 1.165) is 19.3 Å². The highest BCUT2D eigenvalue weighted by molar-refractivity contribution is 6.20. The molecule has 72 valence electrons. The van der Waals surface area contributed by atoms with E-state index in [0.29, 0.717) is 13.0 Å². The first kappa shape index (κ1) is 11.8. The summed E-state index contributed by atoms with van der Waals surface area (Å²) in [7, 11) is 0. The summed E-state index contributed by atoms with van der Waals surface area (Å²) < 4.78 is 0. The summed E-state index contributed by atoms with van der Waals surface area (Å²) in [4.78, 5) is 11.0. The van der Waals surface area contributed by atoms with E-state index >= 15 is 0 Å². The fourth-order valence-corrected chi connectivity index (χ4v) is 1.25. The SMILES string of the molecule is CCCC(=O)NCC(Cl)CCC. The van der Waals surface area contributed by atoms with Crippen LogP contribution < -0.4 is 5.32 Å². The van der Waals surface area contributed by atoms with Crippen molar-refractivity contribution in [1.29, 1.82) is 0 Å². The molecule has 2 nitrogen and oxygen atoms in total. The number of hydrogen-bond acceptors (Lipinski definition) is 1. The number of carbonyl (C=O) groups is 1. The summed E-state index contributed by atoms with van der Waals surface area (Å²) in [6.45, 7) is 4.68. The van der Waals surface area contributed by atoms with Gasteiger partial charge in [-0.15, -0.1) is 11.6 Å². The molecule has 0 saturated heterocycles. The van der Waals surface area contributed by atoms with E-state index in [1.165, 1.54) is 0 Å². The maximum Gasteiger partial charge on any atom is 0.220 e. The van der Waals surface area contributed by atoms with E-state index in [-0.39, 0.29) is 11.3 Å². The molecule has 0 heterocycles. The number of rotatable bonds is 6. The van der Waals surface area contributed by atoms with Crippen molar-refractivity contribution in [1.82, 2.24) is 5.32 Å². The summed E-state index contributed by atoms with van der Waals surface area (Å²) in [6.07, 6.45) is 3.54. The highest BCUT2D eigenvalue weighted by Crippen LogP contribution is 2.03. The van der Waals surface area contributed by atoms with E-state index in [9.17, 15) is 4.79 Å². The predicted octanol–water partition coefficient (Wildman–Crippen LogP) is 2.31. The molecule has 1 amide bonds. The molecule has 0 rings (SSSR count). The lowest BCUT2D eigenvalue weighted by molar-refractivity contribution is -0.121. The molecule has 0 radical (unpaired) electrons. The molecule has 1 atom stereocenters. The van der Waals surface area contributed by atoms with Crippen molar-refractivity contribution in [2.45, 2.75) is 44.9 Å². The lowest BCUT2D eigenvalue weighted by Gasteiger charge is -2.08. The summed E-state index contributed by atoms with van der Waals surface area (Å²) in [5.41, 5.74) is 0. The van der Waals surface area contributed by atoms with Crippen LogP contribution >= 0.6 is 11.6 Å². The van der Waals surface area contributed by atoms with Crippen molar-refractivity contribution in [2.24, 2.45) is 0 Å². The lowest BCUT2D eigenvalue weighted by Crippen LogP contribution is -2.29. The Morgan fingerprint density at radius 2 is 2.08 bits per heavy atom. The molecule has 0 aromatic carbocycles. The molecule has 0 spiro atoms. The maximum absolute atomic E-state index is 11.0. The lowest BCUT2D eigenvalue weighted by atomic mass is 10.2. The van der Waals surface area contributed by atoms with E-state index in [2.05, 4.69) is 12.2 Å². The second-order valence-electron chi connectivity index (χ2n) is 2.94. The fraction of sp³-hybridized carbons (Fsp3) is 0.889. The Bertz CT molecular complexity index is 128. The average molecular weight is 192 g/mol. The number of nitrogens with one attached hydrogen (secondary N) is 1. The smallest absolute Gasteiger partial charge is 0.220 e. The monoisotopic (exact) mass is 191 g/mol. The molecule has 3 heteroatoms. The minimum absolute atomic E-state index is 0.0933. The third-order valence-corrected chi connectivity index (χ3v) is 1.97. The molecule has 0 aliphatic carbocycles. The standard InChI is InChI=1S/C9H18ClNO/c1-3-5-8(10)7-11-9(12)6-4-2/h8H,3-7H2,1-2H3,(H,11,12). The predicted molar refractivity (Wildman–Crippen MR) is 52.5 cm³/mol. The number of halogens is 1. The van der Waals surface area contributed by atoms with Crippen LogP contribution in [-0.2, 0) is 4.79 Å². The first-order chi connectivity index (χ1) is 5.70. The van der Waals surface area contributed by atoms with Gasteiger partial charge in [-0.3, -0.25) is 4.79 Å². The number of carbonyl (C=O) groups excluding carboxylic acids is 1. The van der Waals surface area contributed by atoms with Crippen molar-refractivity contribution in [3.63, 3.8) is 0 Å². The van der Waals surface area contributed by atoms with Gasteiger partial charge in [0.05, 0.1) is 5.38 Å². The number of hydrogen-bond donors (Lipinski definition) is 1. The van der Waals surface area contributed by atoms with Crippen molar-refractivity contribution >= 4 is 17.5 Å². The minimum atomic E-state index is 0.0933. The first-order valence-electron chi connectivity index (χ1n) is 4.61. The van der Waals surface area contributed by atoms with Crippen LogP contribution in [0.4, 0.5) is 0 Å². The summed E-state index contributed by atoms with van der Waals surface area (Å²) in [6, 6.07) is 0. The molecule has 12 heavy (non-hydrogen) atoms. The van der Waals surface area contributed by atoms with Gasteiger partial charge in [0.25, 0.3) is 0 Å². The molecule has 0 aromatic heterocycles. The van der Waals surface area contributed by atoms with Gasteiger partial charge < -0.3 is 5.32 Å². The van der Waals surface area contributed by atoms with E-state index < -0.39 is 0 Å². The van der Waals surface area contributed by atoms with E-state index in [1.54, 1.807) is 0 Å². The van der Waals surface area contributed by atoms with Gasteiger partial charge in [0.1, 0.15) is 0 Å². The zero-order valence-electron chi connectivity index (χ0n) is 7.90. The molecule has 0 bridgehead atoms. The largest absolute Gasteiger partial charge is 0.355 e. The van der Waals surface area contributed by atoms with Crippen molar-refractivity contribution in [2.75, 3.05) is 6.54 Å². The zero-order valence-corrected chi connectivity index (χ0v) is 8.66. The molecule has 1 unspecified atom stereocenters. The fourth-order valence-electron chi connectivity index (χ4n) is 0.955. The Hall–Kier alpha value is -0.240. The van der Waals surface area contributed by atoms with Crippen molar-refractivity contribution < 1.29 is 4.79 Å². The third-order valence-electron chi connectivity index (χ3n) is 1.60. The molecule has 1 N–H and O–H groups in total. The van der Waals surface area contributed by atoms with Gasteiger partial charge in [-0.05, 0) is 12.8 Å². The van der Waals surface area contributed by atoms with Crippen LogP contribution in [0, 0.1) is 0 Å². The van der Waals surface area contributed by atoms with Crippen LogP contribution in [0.1, 0.15) is 39.5 Å². The van der Waals surface area contributed by atoms with Crippen LogP contribution in [0.25, 0.3) is 0 Å². The summed E-state index contributed by atoms with van der Waals surface area (Å²) in [5.74, 6) is 0.110. The Morgan fingerprint density at radius 3 is 2.58 bits per heavy atom. The number of alkyl halides is 1. The zero-order chi connectivity index (χ0) is 9.40. The van der Waals surface area contributed by atoms with Crippen LogP contribution in [0.15, 0.2) is 0 Å². The van der Waals surface area contributed by atoms with Gasteiger partial charge in [0, 0.05) is 13.0 Å². The van der Waals surface area contributed by atoms with Gasteiger partial charge in [-0.2, -0.15) is 0 Å². The van der Waals surface area contributed by atoms with Crippen LogP contribution in [-0.4, -0.2) is 17.8 Å².